The molecule has 1 saturated heterocycles. The summed E-state index contributed by atoms with van der Waals surface area (Å²) in [4.78, 5) is 0.300. The van der Waals surface area contributed by atoms with Gasteiger partial charge in [0.25, 0.3) is 0 Å². The zero-order valence-electron chi connectivity index (χ0n) is 13.9. The summed E-state index contributed by atoms with van der Waals surface area (Å²) in [5.41, 5.74) is 1.25. The third-order valence-corrected chi connectivity index (χ3v) is 7.01. The summed E-state index contributed by atoms with van der Waals surface area (Å²) < 4.78 is 27.1. The molecule has 0 amide bonds. The fourth-order valence-corrected chi connectivity index (χ4v) is 4.77. The van der Waals surface area contributed by atoms with E-state index < -0.39 is 15.4 Å². The van der Waals surface area contributed by atoms with Crippen LogP contribution in [0.3, 0.4) is 0 Å². The molecule has 25 heavy (non-hydrogen) atoms. The number of sulfonamides is 1. The second kappa shape index (κ2) is 6.80. The van der Waals surface area contributed by atoms with Crippen molar-refractivity contribution in [3.63, 3.8) is 0 Å². The van der Waals surface area contributed by atoms with Crippen molar-refractivity contribution in [2.45, 2.75) is 30.1 Å². The molecular weight excluding hydrogens is 356 g/mol. The van der Waals surface area contributed by atoms with Crippen LogP contribution in [0.25, 0.3) is 0 Å². The van der Waals surface area contributed by atoms with Crippen molar-refractivity contribution in [2.75, 3.05) is 13.1 Å². The Labute approximate surface area is 153 Å². The minimum atomic E-state index is -3.52. The monoisotopic (exact) mass is 374 g/mol. The Bertz CT molecular complexity index is 892. The zero-order valence-corrected chi connectivity index (χ0v) is 15.5. The largest absolute Gasteiger partial charge is 0.243 e. The highest BCUT2D eigenvalue weighted by molar-refractivity contribution is 7.89. The van der Waals surface area contributed by atoms with Crippen LogP contribution in [0, 0.1) is 18.3 Å². The van der Waals surface area contributed by atoms with Crippen LogP contribution in [0.1, 0.15) is 24.0 Å². The molecule has 0 atom stereocenters. The van der Waals surface area contributed by atoms with Crippen LogP contribution in [-0.4, -0.2) is 25.8 Å². The van der Waals surface area contributed by atoms with E-state index in [2.05, 4.69) is 6.07 Å². The number of hydrogen-bond donors (Lipinski definition) is 0. The van der Waals surface area contributed by atoms with Gasteiger partial charge < -0.3 is 0 Å². The van der Waals surface area contributed by atoms with E-state index in [1.165, 1.54) is 4.31 Å². The van der Waals surface area contributed by atoms with Crippen LogP contribution in [0.15, 0.2) is 53.4 Å². The first-order valence-corrected chi connectivity index (χ1v) is 9.93. The van der Waals surface area contributed by atoms with E-state index in [-0.39, 0.29) is 0 Å². The predicted octanol–water partition coefficient (Wildman–Crippen LogP) is 3.89. The fourth-order valence-electron chi connectivity index (χ4n) is 3.20. The van der Waals surface area contributed by atoms with E-state index in [4.69, 9.17) is 11.6 Å². The lowest BCUT2D eigenvalue weighted by Crippen LogP contribution is -2.44. The molecule has 0 spiro atoms. The van der Waals surface area contributed by atoms with Gasteiger partial charge in [0.2, 0.25) is 10.0 Å². The van der Waals surface area contributed by atoms with E-state index in [0.29, 0.717) is 35.8 Å². The van der Waals surface area contributed by atoms with Gasteiger partial charge in [0.1, 0.15) is 0 Å². The normalized spacial score (nSPS) is 17.8. The second-order valence-electron chi connectivity index (χ2n) is 6.42. The van der Waals surface area contributed by atoms with Crippen molar-refractivity contribution >= 4 is 21.6 Å². The van der Waals surface area contributed by atoms with E-state index >= 15 is 0 Å². The summed E-state index contributed by atoms with van der Waals surface area (Å²) in [6, 6.07) is 16.5. The number of nitrogens with zero attached hydrogens (tertiary/aromatic N) is 2. The highest BCUT2D eigenvalue weighted by atomic mass is 35.5. The lowest BCUT2D eigenvalue weighted by Gasteiger charge is -2.37. The van der Waals surface area contributed by atoms with Crippen LogP contribution in [0.5, 0.6) is 0 Å². The highest BCUT2D eigenvalue weighted by Crippen LogP contribution is 2.37. The molecule has 0 bridgehead atoms. The lowest BCUT2D eigenvalue weighted by atomic mass is 9.74. The first kappa shape index (κ1) is 17.9. The predicted molar refractivity (Wildman–Crippen MR) is 97.9 cm³/mol. The number of halogens is 1. The molecular formula is C19H19ClN2O2S. The summed E-state index contributed by atoms with van der Waals surface area (Å²) in [5, 5.41) is 10.4. The number of rotatable bonds is 3. The standard InChI is InChI=1S/C19H19ClN2O2S/c1-15-2-8-18(9-3-15)25(23,24)22-12-10-19(14-21,11-13-22)16-4-6-17(20)7-5-16/h2-9H,10-13H2,1H3. The molecule has 1 aliphatic heterocycles. The number of benzene rings is 2. The van der Waals surface area contributed by atoms with Gasteiger partial charge in [0.05, 0.1) is 16.4 Å². The average Bonchev–Trinajstić information content (AvgIpc) is 2.62. The minimum Gasteiger partial charge on any atom is -0.207 e. The Morgan fingerprint density at radius 1 is 1.04 bits per heavy atom. The molecule has 0 aliphatic carbocycles. The number of hydrogen-bond acceptors (Lipinski definition) is 3. The number of aryl methyl sites for hydroxylation is 1. The quantitative estimate of drug-likeness (QED) is 0.818. The Morgan fingerprint density at radius 3 is 2.12 bits per heavy atom. The smallest absolute Gasteiger partial charge is 0.207 e. The molecule has 2 aromatic carbocycles. The minimum absolute atomic E-state index is 0.300. The van der Waals surface area contributed by atoms with Crippen molar-refractivity contribution in [3.05, 3.63) is 64.7 Å². The van der Waals surface area contributed by atoms with Crippen LogP contribution in [0.2, 0.25) is 5.02 Å². The molecule has 6 heteroatoms. The summed E-state index contributed by atoms with van der Waals surface area (Å²) in [6.07, 6.45) is 0.937. The van der Waals surface area contributed by atoms with Crippen molar-refractivity contribution in [3.8, 4) is 6.07 Å². The lowest BCUT2D eigenvalue weighted by molar-refractivity contribution is 0.277. The number of nitriles is 1. The van der Waals surface area contributed by atoms with E-state index in [1.807, 2.05) is 19.1 Å². The average molecular weight is 375 g/mol. The third-order valence-electron chi connectivity index (χ3n) is 4.85. The summed E-state index contributed by atoms with van der Waals surface area (Å²) >= 11 is 5.93. The van der Waals surface area contributed by atoms with Crippen LogP contribution in [0.4, 0.5) is 0 Å². The van der Waals surface area contributed by atoms with E-state index in [9.17, 15) is 13.7 Å². The maximum Gasteiger partial charge on any atom is 0.243 e. The van der Waals surface area contributed by atoms with Crippen molar-refractivity contribution in [1.82, 2.24) is 4.31 Å². The zero-order chi connectivity index (χ0) is 18.1. The van der Waals surface area contributed by atoms with Gasteiger partial charge in [0.15, 0.2) is 0 Å². The molecule has 1 aliphatic rings. The van der Waals surface area contributed by atoms with Crippen molar-refractivity contribution in [1.29, 1.82) is 5.26 Å². The van der Waals surface area contributed by atoms with E-state index in [0.717, 1.165) is 11.1 Å². The molecule has 1 heterocycles. The van der Waals surface area contributed by atoms with Gasteiger partial charge in [-0.3, -0.25) is 0 Å². The first-order valence-electron chi connectivity index (χ1n) is 8.11. The fraction of sp³-hybridized carbons (Fsp3) is 0.316. The Morgan fingerprint density at radius 2 is 1.60 bits per heavy atom. The summed E-state index contributed by atoms with van der Waals surface area (Å²) in [7, 11) is -3.52. The van der Waals surface area contributed by atoms with Crippen LogP contribution >= 0.6 is 11.6 Å². The van der Waals surface area contributed by atoms with Crippen LogP contribution < -0.4 is 0 Å². The molecule has 1 fully saturated rings. The molecule has 0 saturated carbocycles. The molecule has 3 rings (SSSR count). The van der Waals surface area contributed by atoms with Gasteiger partial charge >= 0.3 is 0 Å². The Balaban J connectivity index is 1.81. The van der Waals surface area contributed by atoms with Gasteiger partial charge in [-0.15, -0.1) is 0 Å². The van der Waals surface area contributed by atoms with Gasteiger partial charge in [-0.05, 0) is 49.6 Å². The van der Waals surface area contributed by atoms with E-state index in [1.54, 1.807) is 36.4 Å². The Hall–Kier alpha value is -1.87. The van der Waals surface area contributed by atoms with Gasteiger partial charge in [-0.1, -0.05) is 41.4 Å². The topological polar surface area (TPSA) is 61.2 Å². The first-order chi connectivity index (χ1) is 11.9. The van der Waals surface area contributed by atoms with Gasteiger partial charge in [-0.2, -0.15) is 9.57 Å². The Kier molecular flexibility index (Phi) is 4.88. The molecule has 130 valence electrons. The van der Waals surface area contributed by atoms with Gasteiger partial charge in [0, 0.05) is 18.1 Å². The maximum atomic E-state index is 12.8. The SMILES string of the molecule is Cc1ccc(S(=O)(=O)N2CCC(C#N)(c3ccc(Cl)cc3)CC2)cc1. The molecule has 0 N–H and O–H groups in total. The summed E-state index contributed by atoms with van der Waals surface area (Å²) in [5.74, 6) is 0. The van der Waals surface area contributed by atoms with Crippen molar-refractivity contribution in [2.24, 2.45) is 0 Å². The highest BCUT2D eigenvalue weighted by Gasteiger charge is 2.40. The molecule has 4 nitrogen and oxygen atoms in total. The maximum absolute atomic E-state index is 12.8. The molecule has 2 aromatic rings. The molecule has 0 radical (unpaired) electrons. The summed E-state index contributed by atoms with van der Waals surface area (Å²) in [6.45, 7) is 2.57. The van der Waals surface area contributed by atoms with Crippen LogP contribution in [-0.2, 0) is 15.4 Å². The second-order valence-corrected chi connectivity index (χ2v) is 8.79. The van der Waals surface area contributed by atoms with Crippen molar-refractivity contribution < 1.29 is 8.42 Å². The number of piperidine rings is 1. The molecule has 0 unspecified atom stereocenters. The third kappa shape index (κ3) is 3.43. The van der Waals surface area contributed by atoms with Gasteiger partial charge in [-0.25, -0.2) is 8.42 Å². The molecule has 0 aromatic heterocycles.